The van der Waals surface area contributed by atoms with Crippen LogP contribution in [0.15, 0.2) is 24.3 Å². The first-order chi connectivity index (χ1) is 7.44. The fourth-order valence-electron chi connectivity index (χ4n) is 1.41. The van der Waals surface area contributed by atoms with E-state index >= 15 is 0 Å². The molecule has 0 heterocycles. The highest BCUT2D eigenvalue weighted by Gasteiger charge is 2.27. The Kier molecular flexibility index (Phi) is 4.47. The highest BCUT2D eigenvalue weighted by Crippen LogP contribution is 2.24. The predicted octanol–water partition coefficient (Wildman–Crippen LogP) is 3.81. The molecule has 0 aliphatic heterocycles. The van der Waals surface area contributed by atoms with Gasteiger partial charge in [-0.25, -0.2) is 0 Å². The molecule has 0 bridgehead atoms. The number of benzene rings is 1. The smallest absolute Gasteiger partial charge is 0.374 e. The van der Waals surface area contributed by atoms with Crippen molar-refractivity contribution < 1.29 is 13.2 Å². The number of halogens is 4. The van der Waals surface area contributed by atoms with Crippen LogP contribution in [-0.4, -0.2) is 19.8 Å². The molecule has 0 N–H and O–H groups in total. The van der Waals surface area contributed by atoms with Gasteiger partial charge in [0.15, 0.2) is 0 Å². The van der Waals surface area contributed by atoms with Crippen molar-refractivity contribution in [3.63, 3.8) is 0 Å². The lowest BCUT2D eigenvalue weighted by molar-refractivity contribution is -0.132. The van der Waals surface area contributed by atoms with Gasteiger partial charge in [0, 0.05) is 25.2 Å². The first-order valence-corrected chi connectivity index (χ1v) is 5.39. The number of rotatable bonds is 4. The molecular weight excluding hydrogens is 239 g/mol. The predicted molar refractivity (Wildman–Crippen MR) is 59.9 cm³/mol. The zero-order chi connectivity index (χ0) is 12.2. The molecule has 0 fully saturated rings. The Morgan fingerprint density at radius 1 is 1.25 bits per heavy atom. The molecule has 0 aliphatic rings. The maximum atomic E-state index is 12.1. The van der Waals surface area contributed by atoms with E-state index in [-0.39, 0.29) is 6.54 Å². The van der Waals surface area contributed by atoms with E-state index in [0.29, 0.717) is 5.88 Å². The Hall–Kier alpha value is -0.900. The van der Waals surface area contributed by atoms with Gasteiger partial charge in [0.05, 0.1) is 6.42 Å². The molecule has 0 aromatic heterocycles. The Labute approximate surface area is 97.8 Å². The summed E-state index contributed by atoms with van der Waals surface area (Å²) in [5, 5.41) is 0. The minimum atomic E-state index is -4.12. The van der Waals surface area contributed by atoms with Gasteiger partial charge in [0.1, 0.15) is 0 Å². The molecule has 0 atom stereocenters. The van der Waals surface area contributed by atoms with E-state index in [0.717, 1.165) is 11.3 Å². The molecule has 90 valence electrons. The Morgan fingerprint density at radius 3 is 2.44 bits per heavy atom. The maximum Gasteiger partial charge on any atom is 0.390 e. The normalized spacial score (nSPS) is 11.6. The molecule has 1 aromatic rings. The molecule has 0 unspecified atom stereocenters. The van der Waals surface area contributed by atoms with Crippen LogP contribution in [0.4, 0.5) is 18.9 Å². The van der Waals surface area contributed by atoms with Gasteiger partial charge in [0.25, 0.3) is 0 Å². The van der Waals surface area contributed by atoms with E-state index in [1.54, 1.807) is 24.1 Å². The van der Waals surface area contributed by atoms with Crippen molar-refractivity contribution in [3.05, 3.63) is 29.8 Å². The average molecular weight is 252 g/mol. The summed E-state index contributed by atoms with van der Waals surface area (Å²) in [6, 6.07) is 7.19. The maximum absolute atomic E-state index is 12.1. The minimum Gasteiger partial charge on any atom is -0.374 e. The van der Waals surface area contributed by atoms with Crippen molar-refractivity contribution >= 4 is 17.3 Å². The molecule has 16 heavy (non-hydrogen) atoms. The van der Waals surface area contributed by atoms with Gasteiger partial charge in [-0.3, -0.25) is 0 Å². The zero-order valence-corrected chi connectivity index (χ0v) is 9.65. The van der Waals surface area contributed by atoms with Crippen molar-refractivity contribution in [1.29, 1.82) is 0 Å². The summed E-state index contributed by atoms with van der Waals surface area (Å²) in [5.74, 6) is 0.298. The van der Waals surface area contributed by atoms with Gasteiger partial charge < -0.3 is 4.90 Å². The summed E-state index contributed by atoms with van der Waals surface area (Å²) in [5.41, 5.74) is 1.59. The molecule has 0 radical (unpaired) electrons. The van der Waals surface area contributed by atoms with Crippen LogP contribution in [0, 0.1) is 0 Å². The summed E-state index contributed by atoms with van der Waals surface area (Å²) >= 11 is 5.72. The molecule has 1 nitrogen and oxygen atoms in total. The van der Waals surface area contributed by atoms with E-state index in [4.69, 9.17) is 11.6 Å². The molecule has 0 amide bonds. The van der Waals surface area contributed by atoms with Gasteiger partial charge in [-0.15, -0.1) is 11.6 Å². The lowest BCUT2D eigenvalue weighted by atomic mass is 10.2. The molecule has 0 saturated heterocycles. The van der Waals surface area contributed by atoms with Crippen molar-refractivity contribution in [2.45, 2.75) is 18.5 Å². The monoisotopic (exact) mass is 251 g/mol. The topological polar surface area (TPSA) is 3.24 Å². The highest BCUT2D eigenvalue weighted by molar-refractivity contribution is 6.17. The summed E-state index contributed by atoms with van der Waals surface area (Å²) in [4.78, 5) is 1.57. The van der Waals surface area contributed by atoms with E-state index in [1.165, 1.54) is 0 Å². The first-order valence-electron chi connectivity index (χ1n) is 4.86. The second-order valence-corrected chi connectivity index (χ2v) is 3.82. The Bertz CT molecular complexity index is 338. The second-order valence-electron chi connectivity index (χ2n) is 3.55. The zero-order valence-electron chi connectivity index (χ0n) is 8.89. The third kappa shape index (κ3) is 3.93. The van der Waals surface area contributed by atoms with Gasteiger partial charge in [-0.2, -0.15) is 13.2 Å². The van der Waals surface area contributed by atoms with Crippen molar-refractivity contribution in [2.24, 2.45) is 0 Å². The number of para-hydroxylation sites is 1. The van der Waals surface area contributed by atoms with E-state index in [1.807, 2.05) is 12.1 Å². The van der Waals surface area contributed by atoms with Crippen LogP contribution in [0.2, 0.25) is 0 Å². The molecule has 0 aliphatic carbocycles. The minimum absolute atomic E-state index is 0.0581. The van der Waals surface area contributed by atoms with Gasteiger partial charge in [0.2, 0.25) is 0 Å². The summed E-state index contributed by atoms with van der Waals surface area (Å²) in [7, 11) is 1.64. The van der Waals surface area contributed by atoms with Crippen LogP contribution in [-0.2, 0) is 5.88 Å². The molecular formula is C11H13ClF3N. The highest BCUT2D eigenvalue weighted by atomic mass is 35.5. The van der Waals surface area contributed by atoms with Crippen LogP contribution in [0.1, 0.15) is 12.0 Å². The second kappa shape index (κ2) is 5.43. The van der Waals surface area contributed by atoms with Gasteiger partial charge in [-0.1, -0.05) is 18.2 Å². The van der Waals surface area contributed by atoms with Gasteiger partial charge in [-0.05, 0) is 11.6 Å². The van der Waals surface area contributed by atoms with Crippen LogP contribution >= 0.6 is 11.6 Å². The molecule has 0 spiro atoms. The van der Waals surface area contributed by atoms with E-state index in [9.17, 15) is 13.2 Å². The average Bonchev–Trinajstić information content (AvgIpc) is 2.25. The third-order valence-electron chi connectivity index (χ3n) is 2.28. The lowest BCUT2D eigenvalue weighted by Crippen LogP contribution is -2.24. The first kappa shape index (κ1) is 13.2. The quantitative estimate of drug-likeness (QED) is 0.736. The van der Waals surface area contributed by atoms with Crippen LogP contribution < -0.4 is 4.90 Å². The third-order valence-corrected chi connectivity index (χ3v) is 2.57. The molecule has 1 rings (SSSR count). The van der Waals surface area contributed by atoms with Crippen LogP contribution in [0.25, 0.3) is 0 Å². The van der Waals surface area contributed by atoms with Crippen molar-refractivity contribution in [3.8, 4) is 0 Å². The van der Waals surface area contributed by atoms with Crippen LogP contribution in [0.5, 0.6) is 0 Å². The number of nitrogens with zero attached hydrogens (tertiary/aromatic N) is 1. The molecule has 0 saturated carbocycles. The summed E-state index contributed by atoms with van der Waals surface area (Å²) in [6.07, 6.45) is -4.94. The molecule has 1 aromatic carbocycles. The van der Waals surface area contributed by atoms with Crippen molar-refractivity contribution in [1.82, 2.24) is 0 Å². The Morgan fingerprint density at radius 2 is 1.88 bits per heavy atom. The summed E-state index contributed by atoms with van der Waals surface area (Å²) < 4.78 is 36.2. The largest absolute Gasteiger partial charge is 0.390 e. The number of hydrogen-bond acceptors (Lipinski definition) is 1. The van der Waals surface area contributed by atoms with Crippen LogP contribution in [0.3, 0.4) is 0 Å². The van der Waals surface area contributed by atoms with E-state index < -0.39 is 12.6 Å². The van der Waals surface area contributed by atoms with Gasteiger partial charge >= 0.3 is 6.18 Å². The van der Waals surface area contributed by atoms with E-state index in [2.05, 4.69) is 0 Å². The fraction of sp³-hybridized carbons (Fsp3) is 0.455. The fourth-order valence-corrected chi connectivity index (χ4v) is 1.64. The number of alkyl halides is 4. The number of anilines is 1. The Balaban J connectivity index is 2.69. The SMILES string of the molecule is CN(CCC(F)(F)F)c1ccccc1CCl. The summed E-state index contributed by atoms with van der Waals surface area (Å²) in [6.45, 7) is -0.0581. The molecule has 5 heteroatoms. The number of hydrogen-bond donors (Lipinski definition) is 0. The lowest BCUT2D eigenvalue weighted by Gasteiger charge is -2.22. The van der Waals surface area contributed by atoms with Crippen molar-refractivity contribution in [2.75, 3.05) is 18.5 Å². The standard InChI is InChI=1S/C11H13ClF3N/c1-16(7-6-11(13,14)15)10-5-3-2-4-9(10)8-12/h2-5H,6-8H2,1H3.